The van der Waals surface area contributed by atoms with Crippen LogP contribution in [0.25, 0.3) is 15.3 Å². The summed E-state index contributed by atoms with van der Waals surface area (Å²) in [5.74, 6) is -0.290. The number of nitrogens with zero attached hydrogens (tertiary/aromatic N) is 4. The van der Waals surface area contributed by atoms with E-state index in [1.807, 2.05) is 26.0 Å². The van der Waals surface area contributed by atoms with Crippen molar-refractivity contribution >= 4 is 66.5 Å². The van der Waals surface area contributed by atoms with Gasteiger partial charge in [-0.25, -0.2) is 13.4 Å². The van der Waals surface area contributed by atoms with Crippen molar-refractivity contribution in [2.45, 2.75) is 31.6 Å². The fourth-order valence-electron chi connectivity index (χ4n) is 4.27. The molecule has 5 rings (SSSR count). The Kier molecular flexibility index (Phi) is 6.82. The largest absolute Gasteiger partial charge is 0.310 e. The molecule has 1 aliphatic rings. The predicted molar refractivity (Wildman–Crippen MR) is 143 cm³/mol. The Labute approximate surface area is 222 Å². The number of sulfonamides is 1. The molecule has 1 unspecified atom stereocenters. The van der Waals surface area contributed by atoms with Gasteiger partial charge in [0.15, 0.2) is 0 Å². The molecule has 36 heavy (non-hydrogen) atoms. The first-order valence-electron chi connectivity index (χ1n) is 11.3. The van der Waals surface area contributed by atoms with Gasteiger partial charge in [0.2, 0.25) is 21.1 Å². The zero-order chi connectivity index (χ0) is 25.6. The summed E-state index contributed by atoms with van der Waals surface area (Å²) in [7, 11) is -3.73. The number of hydrogen-bond acceptors (Lipinski definition) is 6. The van der Waals surface area contributed by atoms with Crippen molar-refractivity contribution in [2.24, 2.45) is 5.92 Å². The SMILES string of the molecule is Cc1cc(NC(=O)C2CCCN(S(=O)(=O)c3ccc(Cl)cc3)C2)n(-c2nc3c(C)ccc(Cl)c3s2)n1. The van der Waals surface area contributed by atoms with Crippen molar-refractivity contribution in [3.8, 4) is 5.13 Å². The highest BCUT2D eigenvalue weighted by molar-refractivity contribution is 7.89. The average molecular weight is 565 g/mol. The van der Waals surface area contributed by atoms with Crippen LogP contribution in [0.15, 0.2) is 47.4 Å². The molecule has 0 radical (unpaired) electrons. The van der Waals surface area contributed by atoms with Crippen LogP contribution in [0.4, 0.5) is 5.82 Å². The van der Waals surface area contributed by atoms with Crippen LogP contribution in [-0.2, 0) is 14.8 Å². The van der Waals surface area contributed by atoms with Crippen LogP contribution in [0, 0.1) is 19.8 Å². The highest BCUT2D eigenvalue weighted by atomic mass is 35.5. The van der Waals surface area contributed by atoms with E-state index in [1.54, 1.807) is 22.9 Å². The second kappa shape index (κ2) is 9.75. The van der Waals surface area contributed by atoms with E-state index in [0.29, 0.717) is 46.1 Å². The molecule has 0 spiro atoms. The molecule has 1 aliphatic heterocycles. The first-order chi connectivity index (χ1) is 17.1. The molecule has 12 heteroatoms. The summed E-state index contributed by atoms with van der Waals surface area (Å²) in [6.07, 6.45) is 1.17. The number of carbonyl (C=O) groups excluding carboxylic acids is 1. The fourth-order valence-corrected chi connectivity index (χ4v) is 7.21. The number of aromatic nitrogens is 3. The quantitative estimate of drug-likeness (QED) is 0.348. The van der Waals surface area contributed by atoms with Gasteiger partial charge in [-0.05, 0) is 62.6 Å². The highest BCUT2D eigenvalue weighted by Gasteiger charge is 2.34. The van der Waals surface area contributed by atoms with Crippen molar-refractivity contribution in [1.29, 1.82) is 0 Å². The summed E-state index contributed by atoms with van der Waals surface area (Å²) < 4.78 is 30.1. The van der Waals surface area contributed by atoms with Gasteiger partial charge in [-0.3, -0.25) is 4.79 Å². The van der Waals surface area contributed by atoms with Gasteiger partial charge >= 0.3 is 0 Å². The van der Waals surface area contributed by atoms with Crippen LogP contribution >= 0.6 is 34.5 Å². The van der Waals surface area contributed by atoms with E-state index in [2.05, 4.69) is 10.4 Å². The maximum atomic E-state index is 13.3. The second-order valence-corrected chi connectivity index (χ2v) is 12.5. The highest BCUT2D eigenvalue weighted by Crippen LogP contribution is 2.34. The van der Waals surface area contributed by atoms with Crippen molar-refractivity contribution in [3.63, 3.8) is 0 Å². The topological polar surface area (TPSA) is 97.2 Å². The lowest BCUT2D eigenvalue weighted by molar-refractivity contribution is -0.120. The van der Waals surface area contributed by atoms with Crippen LogP contribution in [-0.4, -0.2) is 46.5 Å². The van der Waals surface area contributed by atoms with Gasteiger partial charge in [-0.1, -0.05) is 40.6 Å². The van der Waals surface area contributed by atoms with Crippen molar-refractivity contribution < 1.29 is 13.2 Å². The smallest absolute Gasteiger partial charge is 0.243 e. The molecule has 0 saturated carbocycles. The van der Waals surface area contributed by atoms with Gasteiger partial charge in [-0.15, -0.1) is 0 Å². The van der Waals surface area contributed by atoms with Crippen LogP contribution in [0.3, 0.4) is 0 Å². The predicted octanol–water partition coefficient (Wildman–Crippen LogP) is 5.45. The first-order valence-corrected chi connectivity index (χ1v) is 14.3. The van der Waals surface area contributed by atoms with E-state index in [4.69, 9.17) is 28.2 Å². The monoisotopic (exact) mass is 563 g/mol. The Morgan fingerprint density at radius 2 is 1.89 bits per heavy atom. The molecule has 3 heterocycles. The number of piperidine rings is 1. The average Bonchev–Trinajstić information content (AvgIpc) is 3.46. The Bertz CT molecular complexity index is 1530. The Morgan fingerprint density at radius 1 is 1.14 bits per heavy atom. The third-order valence-corrected chi connectivity index (χ3v) is 9.78. The molecule has 1 saturated heterocycles. The molecular weight excluding hydrogens is 541 g/mol. The third kappa shape index (κ3) is 4.76. The molecule has 1 amide bonds. The summed E-state index contributed by atoms with van der Waals surface area (Å²) in [4.78, 5) is 18.1. The lowest BCUT2D eigenvalue weighted by atomic mass is 9.99. The molecule has 2 aromatic heterocycles. The van der Waals surface area contributed by atoms with Crippen LogP contribution < -0.4 is 5.32 Å². The summed E-state index contributed by atoms with van der Waals surface area (Å²) in [5, 5.41) is 9.13. The number of rotatable bonds is 5. The Morgan fingerprint density at radius 3 is 2.61 bits per heavy atom. The molecule has 4 aromatic rings. The number of nitrogens with one attached hydrogen (secondary N) is 1. The number of benzene rings is 2. The third-order valence-electron chi connectivity index (χ3n) is 6.16. The molecule has 0 aliphatic carbocycles. The number of thiazole rings is 1. The normalized spacial score (nSPS) is 16.9. The van der Waals surface area contributed by atoms with Crippen molar-refractivity contribution in [1.82, 2.24) is 19.1 Å². The van der Waals surface area contributed by atoms with Gasteiger partial charge in [0.1, 0.15) is 5.82 Å². The lowest BCUT2D eigenvalue weighted by Gasteiger charge is -2.31. The number of halogens is 2. The minimum absolute atomic E-state index is 0.0971. The number of hydrogen-bond donors (Lipinski definition) is 1. The minimum Gasteiger partial charge on any atom is -0.310 e. The van der Waals surface area contributed by atoms with E-state index >= 15 is 0 Å². The molecular formula is C24H23Cl2N5O3S2. The van der Waals surface area contributed by atoms with Crippen molar-refractivity contribution in [3.05, 3.63) is 63.8 Å². The number of amides is 1. The van der Waals surface area contributed by atoms with Gasteiger partial charge in [0.05, 0.1) is 31.7 Å². The maximum Gasteiger partial charge on any atom is 0.243 e. The first kappa shape index (κ1) is 25.2. The molecule has 1 fully saturated rings. The van der Waals surface area contributed by atoms with E-state index in [1.165, 1.54) is 27.8 Å². The standard InChI is InChI=1S/C24H23Cl2N5O3S2/c1-14-5-10-19(26)22-21(14)28-24(35-22)31-20(12-15(2)29-31)27-23(32)16-4-3-11-30(13-16)36(33,34)18-8-6-17(25)7-9-18/h5-10,12,16H,3-4,11,13H2,1-2H3,(H,27,32). The minimum atomic E-state index is -3.73. The number of carbonyl (C=O) groups is 1. The molecule has 1 atom stereocenters. The maximum absolute atomic E-state index is 13.3. The lowest BCUT2D eigenvalue weighted by Crippen LogP contribution is -2.43. The van der Waals surface area contributed by atoms with E-state index in [-0.39, 0.29) is 17.3 Å². The van der Waals surface area contributed by atoms with Gasteiger partial charge in [0.25, 0.3) is 0 Å². The Hall–Kier alpha value is -2.50. The molecule has 2 aromatic carbocycles. The molecule has 0 bridgehead atoms. The summed E-state index contributed by atoms with van der Waals surface area (Å²) in [6.45, 7) is 4.25. The number of anilines is 1. The van der Waals surface area contributed by atoms with E-state index in [0.717, 1.165) is 15.8 Å². The summed E-state index contributed by atoms with van der Waals surface area (Å²) in [5.41, 5.74) is 2.50. The zero-order valence-electron chi connectivity index (χ0n) is 19.5. The summed E-state index contributed by atoms with van der Waals surface area (Å²) in [6, 6.07) is 11.6. The summed E-state index contributed by atoms with van der Waals surface area (Å²) >= 11 is 13.7. The molecule has 8 nitrogen and oxygen atoms in total. The van der Waals surface area contributed by atoms with E-state index in [9.17, 15) is 13.2 Å². The number of aryl methyl sites for hydroxylation is 2. The van der Waals surface area contributed by atoms with Crippen LogP contribution in [0.2, 0.25) is 10.0 Å². The van der Waals surface area contributed by atoms with Crippen LogP contribution in [0.5, 0.6) is 0 Å². The Balaban J connectivity index is 1.38. The van der Waals surface area contributed by atoms with Crippen molar-refractivity contribution in [2.75, 3.05) is 18.4 Å². The van der Waals surface area contributed by atoms with E-state index < -0.39 is 15.9 Å². The number of fused-ring (bicyclic) bond motifs is 1. The second-order valence-electron chi connectivity index (χ2n) is 8.77. The van der Waals surface area contributed by atoms with Crippen LogP contribution in [0.1, 0.15) is 24.1 Å². The van der Waals surface area contributed by atoms with Gasteiger partial charge in [0, 0.05) is 24.2 Å². The zero-order valence-corrected chi connectivity index (χ0v) is 22.7. The van der Waals surface area contributed by atoms with Gasteiger partial charge in [-0.2, -0.15) is 14.1 Å². The van der Waals surface area contributed by atoms with Gasteiger partial charge < -0.3 is 5.32 Å². The fraction of sp³-hybridized carbons (Fsp3) is 0.292. The molecule has 188 valence electrons. The molecule has 1 N–H and O–H groups in total.